The highest BCUT2D eigenvalue weighted by Crippen LogP contribution is 2.23. The van der Waals surface area contributed by atoms with Crippen molar-refractivity contribution >= 4 is 9.84 Å². The van der Waals surface area contributed by atoms with Crippen LogP contribution in [0, 0.1) is 30.9 Å². The second-order valence-electron chi connectivity index (χ2n) is 3.73. The number of hydrogen-bond acceptors (Lipinski definition) is 4. The average Bonchev–Trinajstić information content (AvgIpc) is 2.09. The molecule has 0 aliphatic rings. The van der Waals surface area contributed by atoms with Crippen LogP contribution in [0.2, 0.25) is 0 Å². The number of nitrogens with zero attached hydrogens (tertiary/aromatic N) is 1. The van der Waals surface area contributed by atoms with E-state index in [2.05, 4.69) is 0 Å². The van der Waals surface area contributed by atoms with Crippen molar-refractivity contribution in [1.82, 2.24) is 0 Å². The molecule has 0 aliphatic heterocycles. The summed E-state index contributed by atoms with van der Waals surface area (Å²) in [7, 11) is -3.84. The lowest BCUT2D eigenvalue weighted by Gasteiger charge is -2.10. The third kappa shape index (κ3) is 2.38. The summed E-state index contributed by atoms with van der Waals surface area (Å²) in [4.78, 5) is 9.59. The van der Waals surface area contributed by atoms with Gasteiger partial charge in [-0.3, -0.25) is 10.1 Å². The summed E-state index contributed by atoms with van der Waals surface area (Å²) in [5.74, 6) is -1.06. The van der Waals surface area contributed by atoms with Crippen molar-refractivity contribution in [2.24, 2.45) is 0 Å². The van der Waals surface area contributed by atoms with Crippen molar-refractivity contribution in [3.63, 3.8) is 0 Å². The zero-order valence-electron chi connectivity index (χ0n) is 9.35. The Kier molecular flexibility index (Phi) is 3.32. The van der Waals surface area contributed by atoms with Crippen molar-refractivity contribution in [3.05, 3.63) is 38.9 Å². The van der Waals surface area contributed by atoms with Crippen LogP contribution in [0.1, 0.15) is 16.7 Å². The van der Waals surface area contributed by atoms with Crippen LogP contribution in [0.3, 0.4) is 0 Å². The van der Waals surface area contributed by atoms with Crippen LogP contribution in [0.5, 0.6) is 0 Å². The van der Waals surface area contributed by atoms with E-state index in [4.69, 9.17) is 0 Å². The van der Waals surface area contributed by atoms with Gasteiger partial charge in [-0.25, -0.2) is 8.42 Å². The molecule has 0 spiro atoms. The summed E-state index contributed by atoms with van der Waals surface area (Å²) in [5.41, 5.74) is 1.94. The summed E-state index contributed by atoms with van der Waals surface area (Å²) in [6, 6.07) is 3.46. The van der Waals surface area contributed by atoms with Crippen LogP contribution >= 0.6 is 0 Å². The van der Waals surface area contributed by atoms with Gasteiger partial charge in [0.1, 0.15) is 0 Å². The van der Waals surface area contributed by atoms with Gasteiger partial charge in [-0.1, -0.05) is 12.1 Å². The molecule has 88 valence electrons. The fraction of sp³-hybridized carbons (Fsp3) is 0.400. The number of hydrogen-bond donors (Lipinski definition) is 0. The molecule has 0 saturated heterocycles. The highest BCUT2D eigenvalue weighted by Gasteiger charge is 2.25. The van der Waals surface area contributed by atoms with Crippen LogP contribution in [0.25, 0.3) is 0 Å². The standard InChI is InChI=1S/C10H13NO4S/c1-7-4-5-8(2)10(9(7)3)16(14,15)6-11(12)13/h4-5H,6H2,1-3H3. The number of aryl methyl sites for hydroxylation is 2. The smallest absolute Gasteiger partial charge is 0.263 e. The van der Waals surface area contributed by atoms with Crippen molar-refractivity contribution in [1.29, 1.82) is 0 Å². The van der Waals surface area contributed by atoms with Gasteiger partial charge in [-0.2, -0.15) is 0 Å². The highest BCUT2D eigenvalue weighted by atomic mass is 32.2. The maximum absolute atomic E-state index is 11.8. The van der Waals surface area contributed by atoms with Gasteiger partial charge in [-0.05, 0) is 37.5 Å². The summed E-state index contributed by atoms with van der Waals surface area (Å²) in [6.45, 7) is 5.08. The van der Waals surface area contributed by atoms with E-state index in [1.54, 1.807) is 32.9 Å². The van der Waals surface area contributed by atoms with Gasteiger partial charge < -0.3 is 0 Å². The van der Waals surface area contributed by atoms with E-state index in [9.17, 15) is 18.5 Å². The second kappa shape index (κ2) is 4.21. The van der Waals surface area contributed by atoms with Crippen molar-refractivity contribution < 1.29 is 13.3 Å². The Balaban J connectivity index is 3.44. The Morgan fingerprint density at radius 2 is 1.69 bits per heavy atom. The maximum Gasteiger partial charge on any atom is 0.305 e. The fourth-order valence-corrected chi connectivity index (χ4v) is 3.20. The van der Waals surface area contributed by atoms with E-state index in [1.165, 1.54) is 0 Å². The molecule has 0 unspecified atom stereocenters. The zero-order chi connectivity index (χ0) is 12.5. The molecule has 0 bridgehead atoms. The minimum atomic E-state index is -3.84. The third-order valence-electron chi connectivity index (χ3n) is 2.46. The Labute approximate surface area is 94.2 Å². The number of sulfone groups is 1. The van der Waals surface area contributed by atoms with Crippen LogP contribution in [-0.4, -0.2) is 19.2 Å². The lowest BCUT2D eigenvalue weighted by atomic mass is 10.1. The first-order chi connectivity index (χ1) is 7.25. The second-order valence-corrected chi connectivity index (χ2v) is 5.63. The molecule has 0 radical (unpaired) electrons. The first-order valence-corrected chi connectivity index (χ1v) is 6.32. The number of benzene rings is 1. The van der Waals surface area contributed by atoms with Crippen LogP contribution in [0.4, 0.5) is 0 Å². The molecule has 1 aromatic carbocycles. The molecule has 0 aromatic heterocycles. The molecule has 0 amide bonds. The molecule has 0 aliphatic carbocycles. The minimum Gasteiger partial charge on any atom is -0.263 e. The first kappa shape index (κ1) is 12.6. The fourth-order valence-electron chi connectivity index (χ4n) is 1.61. The summed E-state index contributed by atoms with van der Waals surface area (Å²) in [6.07, 6.45) is 0. The molecule has 6 heteroatoms. The van der Waals surface area contributed by atoms with Crippen LogP contribution in [0.15, 0.2) is 17.0 Å². The predicted octanol–water partition coefficient (Wildman–Crippen LogP) is 1.62. The summed E-state index contributed by atoms with van der Waals surface area (Å²) < 4.78 is 23.6. The highest BCUT2D eigenvalue weighted by molar-refractivity contribution is 7.91. The van der Waals surface area contributed by atoms with E-state index in [1.807, 2.05) is 0 Å². The molecule has 0 heterocycles. The van der Waals surface area contributed by atoms with Crippen molar-refractivity contribution in [2.45, 2.75) is 25.7 Å². The van der Waals surface area contributed by atoms with E-state index in [0.717, 1.165) is 5.56 Å². The molecule has 0 atom stereocenters. The number of rotatable bonds is 3. The third-order valence-corrected chi connectivity index (χ3v) is 4.26. The lowest BCUT2D eigenvalue weighted by Crippen LogP contribution is -2.17. The van der Waals surface area contributed by atoms with Gasteiger partial charge in [0.2, 0.25) is 9.84 Å². The van der Waals surface area contributed by atoms with E-state index in [-0.39, 0.29) is 4.90 Å². The van der Waals surface area contributed by atoms with Gasteiger partial charge in [0.25, 0.3) is 0 Å². The molecule has 1 rings (SSSR count). The van der Waals surface area contributed by atoms with Gasteiger partial charge in [0.15, 0.2) is 0 Å². The predicted molar refractivity (Wildman–Crippen MR) is 59.7 cm³/mol. The quantitative estimate of drug-likeness (QED) is 0.597. The Bertz CT molecular complexity index is 534. The van der Waals surface area contributed by atoms with Crippen LogP contribution in [-0.2, 0) is 9.84 Å². The lowest BCUT2D eigenvalue weighted by molar-refractivity contribution is -0.458. The van der Waals surface area contributed by atoms with E-state index < -0.39 is 20.6 Å². The molecule has 0 saturated carbocycles. The van der Waals surface area contributed by atoms with Gasteiger partial charge in [-0.15, -0.1) is 0 Å². The zero-order valence-corrected chi connectivity index (χ0v) is 10.2. The van der Waals surface area contributed by atoms with Crippen molar-refractivity contribution in [3.8, 4) is 0 Å². The molecule has 0 N–H and O–H groups in total. The normalized spacial score (nSPS) is 11.4. The average molecular weight is 243 g/mol. The topological polar surface area (TPSA) is 77.3 Å². The summed E-state index contributed by atoms with van der Waals surface area (Å²) >= 11 is 0. The molecule has 1 aromatic rings. The van der Waals surface area contributed by atoms with Gasteiger partial charge in [0, 0.05) is 4.92 Å². The molecular formula is C10H13NO4S. The first-order valence-electron chi connectivity index (χ1n) is 4.67. The molecule has 0 fully saturated rings. The summed E-state index contributed by atoms with van der Waals surface area (Å²) in [5, 5.41) is 10.3. The van der Waals surface area contributed by atoms with E-state index in [0.29, 0.717) is 11.1 Å². The minimum absolute atomic E-state index is 0.0872. The van der Waals surface area contributed by atoms with E-state index >= 15 is 0 Å². The largest absolute Gasteiger partial charge is 0.305 e. The number of nitro groups is 1. The van der Waals surface area contributed by atoms with Gasteiger partial charge >= 0.3 is 5.88 Å². The Morgan fingerprint density at radius 3 is 2.19 bits per heavy atom. The van der Waals surface area contributed by atoms with Crippen LogP contribution < -0.4 is 0 Å². The molecule has 5 nitrogen and oxygen atoms in total. The SMILES string of the molecule is Cc1ccc(C)c(S(=O)(=O)C[N+](=O)[O-])c1C. The Morgan fingerprint density at radius 1 is 1.19 bits per heavy atom. The molecule has 16 heavy (non-hydrogen) atoms. The Hall–Kier alpha value is -1.43. The maximum atomic E-state index is 11.8. The molecular weight excluding hydrogens is 230 g/mol. The van der Waals surface area contributed by atoms with Crippen molar-refractivity contribution in [2.75, 3.05) is 5.88 Å². The monoisotopic (exact) mass is 243 g/mol. The van der Waals surface area contributed by atoms with Gasteiger partial charge in [0.05, 0.1) is 4.90 Å².